The zero-order chi connectivity index (χ0) is 18.8. The number of piperazine rings is 1. The second-order valence-electron chi connectivity index (χ2n) is 6.89. The summed E-state index contributed by atoms with van der Waals surface area (Å²) in [5, 5.41) is 2.82. The predicted octanol–water partition coefficient (Wildman–Crippen LogP) is 1.55. The lowest BCUT2D eigenvalue weighted by atomic mass is 10.0. The van der Waals surface area contributed by atoms with E-state index in [1.807, 2.05) is 36.4 Å². The van der Waals surface area contributed by atoms with Crippen LogP contribution >= 0.6 is 0 Å². The maximum atomic E-state index is 12.8. The lowest BCUT2D eigenvalue weighted by molar-refractivity contribution is -0.147. The molecule has 2 aromatic rings. The third kappa shape index (κ3) is 3.56. The van der Waals surface area contributed by atoms with Crippen molar-refractivity contribution in [2.75, 3.05) is 6.54 Å². The van der Waals surface area contributed by atoms with Crippen LogP contribution < -0.4 is 5.32 Å². The molecule has 2 aliphatic rings. The van der Waals surface area contributed by atoms with Crippen LogP contribution in [0, 0.1) is 0 Å². The molecule has 0 bridgehead atoms. The van der Waals surface area contributed by atoms with Crippen LogP contribution in [0.3, 0.4) is 0 Å². The molecule has 0 spiro atoms. The molecule has 27 heavy (non-hydrogen) atoms. The molecule has 2 aromatic carbocycles. The Balaban J connectivity index is 1.43. The summed E-state index contributed by atoms with van der Waals surface area (Å²) in [4.78, 5) is 39.1. The van der Waals surface area contributed by atoms with Gasteiger partial charge in [-0.15, -0.1) is 0 Å². The average molecular weight is 364 g/mol. The van der Waals surface area contributed by atoms with Crippen molar-refractivity contribution >= 4 is 17.8 Å². The van der Waals surface area contributed by atoms with Crippen LogP contribution in [-0.4, -0.2) is 47.4 Å². The van der Waals surface area contributed by atoms with Crippen molar-refractivity contribution in [3.63, 3.8) is 0 Å². The molecule has 0 saturated carbocycles. The van der Waals surface area contributed by atoms with Gasteiger partial charge in [-0.3, -0.25) is 9.59 Å². The van der Waals surface area contributed by atoms with Gasteiger partial charge in [-0.1, -0.05) is 48.5 Å². The van der Waals surface area contributed by atoms with Crippen LogP contribution in [-0.2, 0) is 20.7 Å². The third-order valence-electron chi connectivity index (χ3n) is 5.03. The molecule has 2 saturated heterocycles. The molecule has 138 valence electrons. The highest BCUT2D eigenvalue weighted by molar-refractivity contribution is 5.98. The third-order valence-corrected chi connectivity index (χ3v) is 5.03. The summed E-state index contributed by atoms with van der Waals surface area (Å²) in [7, 11) is 0. The van der Waals surface area contributed by atoms with Crippen LogP contribution in [0.25, 0.3) is 0 Å². The van der Waals surface area contributed by atoms with Gasteiger partial charge in [0.2, 0.25) is 11.8 Å². The van der Waals surface area contributed by atoms with Gasteiger partial charge in [0.05, 0.1) is 12.1 Å². The SMILES string of the molecule is O=C(O[C@@H]1C[C@H]2C(=O)N[C@H](Cc3ccccc3)C(=O)N2C1)c1ccccc1. The number of nitrogens with one attached hydrogen (secondary N) is 1. The number of fused-ring (bicyclic) bond motifs is 1. The van der Waals surface area contributed by atoms with Gasteiger partial charge in [0.15, 0.2) is 0 Å². The number of hydrogen-bond acceptors (Lipinski definition) is 4. The Morgan fingerprint density at radius 2 is 1.70 bits per heavy atom. The molecule has 2 amide bonds. The van der Waals surface area contributed by atoms with Crippen molar-refractivity contribution in [1.82, 2.24) is 10.2 Å². The van der Waals surface area contributed by atoms with Gasteiger partial charge in [0, 0.05) is 12.8 Å². The van der Waals surface area contributed by atoms with E-state index in [4.69, 9.17) is 4.74 Å². The molecular weight excluding hydrogens is 344 g/mol. The molecule has 0 radical (unpaired) electrons. The number of esters is 1. The minimum atomic E-state index is -0.584. The van der Waals surface area contributed by atoms with Crippen LogP contribution in [0.4, 0.5) is 0 Å². The first kappa shape index (κ1) is 17.3. The molecule has 4 rings (SSSR count). The number of nitrogens with zero attached hydrogens (tertiary/aromatic N) is 1. The number of carbonyl (C=O) groups excluding carboxylic acids is 3. The molecule has 6 heteroatoms. The number of carbonyl (C=O) groups is 3. The quantitative estimate of drug-likeness (QED) is 0.836. The summed E-state index contributed by atoms with van der Waals surface area (Å²) < 4.78 is 5.53. The van der Waals surface area contributed by atoms with E-state index in [0.29, 0.717) is 18.4 Å². The molecular formula is C21H20N2O4. The molecule has 3 atom stereocenters. The first-order valence-corrected chi connectivity index (χ1v) is 9.02. The fourth-order valence-electron chi connectivity index (χ4n) is 3.69. The minimum Gasteiger partial charge on any atom is -0.457 e. The van der Waals surface area contributed by atoms with E-state index in [2.05, 4.69) is 5.32 Å². The number of benzene rings is 2. The Kier molecular flexibility index (Phi) is 4.62. The lowest BCUT2D eigenvalue weighted by Crippen LogP contribution is -2.61. The highest BCUT2D eigenvalue weighted by atomic mass is 16.5. The first-order valence-electron chi connectivity index (χ1n) is 9.02. The Bertz CT molecular complexity index is 853. The predicted molar refractivity (Wildman–Crippen MR) is 97.8 cm³/mol. The van der Waals surface area contributed by atoms with E-state index in [1.54, 1.807) is 29.2 Å². The normalized spacial score (nSPS) is 24.3. The van der Waals surface area contributed by atoms with Gasteiger partial charge < -0.3 is 15.0 Å². The standard InChI is InChI=1S/C21H20N2O4/c24-19-18-12-16(27-21(26)15-9-5-2-6-10-15)13-23(18)20(25)17(22-19)11-14-7-3-1-4-8-14/h1-10,16-18H,11-13H2,(H,22,24)/t16-,17-,18+/m1/s1. The first-order chi connectivity index (χ1) is 13.1. The molecule has 2 aliphatic heterocycles. The molecule has 0 aromatic heterocycles. The van der Waals surface area contributed by atoms with Crippen LogP contribution in [0.1, 0.15) is 22.3 Å². The Hall–Kier alpha value is -3.15. The molecule has 2 heterocycles. The maximum absolute atomic E-state index is 12.8. The zero-order valence-corrected chi connectivity index (χ0v) is 14.7. The van der Waals surface area contributed by atoms with Crippen molar-refractivity contribution in [3.05, 3.63) is 71.8 Å². The van der Waals surface area contributed by atoms with Crippen LogP contribution in [0.5, 0.6) is 0 Å². The summed E-state index contributed by atoms with van der Waals surface area (Å²) in [6.45, 7) is 0.251. The largest absolute Gasteiger partial charge is 0.457 e. The second-order valence-corrected chi connectivity index (χ2v) is 6.89. The van der Waals surface area contributed by atoms with Crippen LogP contribution in [0.15, 0.2) is 60.7 Å². The summed E-state index contributed by atoms with van der Waals surface area (Å²) in [5.74, 6) is -0.746. The summed E-state index contributed by atoms with van der Waals surface area (Å²) in [6.07, 6.45) is 0.296. The van der Waals surface area contributed by atoms with Gasteiger partial charge in [0.25, 0.3) is 0 Å². The van der Waals surface area contributed by atoms with Crippen molar-refractivity contribution in [3.8, 4) is 0 Å². The Morgan fingerprint density at radius 1 is 1.04 bits per heavy atom. The van der Waals surface area contributed by atoms with Gasteiger partial charge >= 0.3 is 5.97 Å². The highest BCUT2D eigenvalue weighted by Crippen LogP contribution is 2.26. The molecule has 1 N–H and O–H groups in total. The van der Waals surface area contributed by atoms with Gasteiger partial charge in [0.1, 0.15) is 18.2 Å². The van der Waals surface area contributed by atoms with Gasteiger partial charge in [-0.05, 0) is 17.7 Å². The van der Waals surface area contributed by atoms with E-state index in [1.165, 1.54) is 0 Å². The number of hydrogen-bond donors (Lipinski definition) is 1. The number of rotatable bonds is 4. The van der Waals surface area contributed by atoms with Crippen molar-refractivity contribution in [1.29, 1.82) is 0 Å². The van der Waals surface area contributed by atoms with Crippen LogP contribution in [0.2, 0.25) is 0 Å². The zero-order valence-electron chi connectivity index (χ0n) is 14.7. The Labute approximate surface area is 157 Å². The van der Waals surface area contributed by atoms with E-state index in [0.717, 1.165) is 5.56 Å². The summed E-state index contributed by atoms with van der Waals surface area (Å²) >= 11 is 0. The molecule has 0 aliphatic carbocycles. The smallest absolute Gasteiger partial charge is 0.338 e. The van der Waals surface area contributed by atoms with Crippen molar-refractivity contribution < 1.29 is 19.1 Å². The molecule has 2 fully saturated rings. The van der Waals surface area contributed by atoms with Crippen molar-refractivity contribution in [2.45, 2.75) is 31.0 Å². The second kappa shape index (κ2) is 7.23. The summed E-state index contributed by atoms with van der Waals surface area (Å²) in [6, 6.07) is 17.1. The summed E-state index contributed by atoms with van der Waals surface area (Å²) in [5.41, 5.74) is 1.45. The Morgan fingerprint density at radius 3 is 2.41 bits per heavy atom. The minimum absolute atomic E-state index is 0.123. The highest BCUT2D eigenvalue weighted by Gasteiger charge is 2.47. The fourth-order valence-corrected chi connectivity index (χ4v) is 3.69. The molecule has 6 nitrogen and oxygen atoms in total. The van der Waals surface area contributed by atoms with E-state index >= 15 is 0 Å². The maximum Gasteiger partial charge on any atom is 0.338 e. The van der Waals surface area contributed by atoms with Crippen molar-refractivity contribution in [2.24, 2.45) is 0 Å². The van der Waals surface area contributed by atoms with Gasteiger partial charge in [-0.25, -0.2) is 4.79 Å². The molecule has 0 unspecified atom stereocenters. The monoisotopic (exact) mass is 364 g/mol. The topological polar surface area (TPSA) is 75.7 Å². The number of ether oxygens (including phenoxy) is 1. The van der Waals surface area contributed by atoms with E-state index in [-0.39, 0.29) is 18.4 Å². The fraction of sp³-hybridized carbons (Fsp3) is 0.286. The van der Waals surface area contributed by atoms with E-state index in [9.17, 15) is 14.4 Å². The number of amides is 2. The van der Waals surface area contributed by atoms with E-state index < -0.39 is 24.2 Å². The lowest BCUT2D eigenvalue weighted by Gasteiger charge is -2.34. The van der Waals surface area contributed by atoms with Gasteiger partial charge in [-0.2, -0.15) is 0 Å². The average Bonchev–Trinajstić information content (AvgIpc) is 3.12.